The first-order chi connectivity index (χ1) is 10.1. The first-order valence-electron chi connectivity index (χ1n) is 6.13. The molecule has 0 bridgehead atoms. The first kappa shape index (κ1) is 17.2. The highest BCUT2D eigenvalue weighted by molar-refractivity contribution is 6.00. The van der Waals surface area contributed by atoms with E-state index in [0.717, 1.165) is 0 Å². The molecule has 0 aliphatic rings. The maximum Gasteiger partial charge on any atom is 0.336 e. The van der Waals surface area contributed by atoms with E-state index in [4.69, 9.17) is 10.2 Å². The number of carbonyl (C=O) groups is 4. The minimum atomic E-state index is -1.43. The summed E-state index contributed by atoms with van der Waals surface area (Å²) in [5.41, 5.74) is -1.08. The molecule has 0 radical (unpaired) electrons. The van der Waals surface area contributed by atoms with Crippen molar-refractivity contribution >= 4 is 23.9 Å². The molecule has 1 rings (SSSR count). The molecule has 1 aromatic carbocycles. The molecule has 118 valence electrons. The number of aromatic carboxylic acids is 2. The number of aliphatic carboxylic acids is 2. The number of carboxylic acids is 4. The molecule has 0 fully saturated rings. The Morgan fingerprint density at radius 2 is 0.955 bits per heavy atom. The van der Waals surface area contributed by atoms with Crippen LogP contribution in [0.3, 0.4) is 0 Å². The van der Waals surface area contributed by atoms with Gasteiger partial charge in [-0.15, -0.1) is 0 Å². The third kappa shape index (κ3) is 3.22. The highest BCUT2D eigenvalue weighted by Crippen LogP contribution is 2.29. The van der Waals surface area contributed by atoms with Crippen molar-refractivity contribution in [2.24, 2.45) is 0 Å². The van der Waals surface area contributed by atoms with Gasteiger partial charge in [-0.05, 0) is 36.1 Å². The van der Waals surface area contributed by atoms with Gasteiger partial charge in [-0.3, -0.25) is 9.59 Å². The lowest BCUT2D eigenvalue weighted by atomic mass is 9.85. The smallest absolute Gasteiger partial charge is 0.336 e. The van der Waals surface area contributed by atoms with Gasteiger partial charge in [0.2, 0.25) is 0 Å². The van der Waals surface area contributed by atoms with Crippen molar-refractivity contribution in [1.29, 1.82) is 0 Å². The third-order valence-electron chi connectivity index (χ3n) is 3.34. The Morgan fingerprint density at radius 1 is 0.682 bits per heavy atom. The lowest BCUT2D eigenvalue weighted by Gasteiger charge is -2.18. The predicted octanol–water partition coefficient (Wildman–Crippen LogP) is 0.954. The minimum absolute atomic E-state index is 0.0471. The van der Waals surface area contributed by atoms with Gasteiger partial charge in [0.15, 0.2) is 0 Å². The molecule has 0 unspecified atom stereocenters. The van der Waals surface area contributed by atoms with Crippen LogP contribution in [-0.2, 0) is 22.4 Å². The van der Waals surface area contributed by atoms with Crippen molar-refractivity contribution in [3.63, 3.8) is 0 Å². The van der Waals surface area contributed by atoms with Crippen LogP contribution in [0, 0.1) is 13.8 Å². The Bertz CT molecular complexity index is 627. The molecule has 8 heteroatoms. The van der Waals surface area contributed by atoms with Crippen molar-refractivity contribution < 1.29 is 39.6 Å². The van der Waals surface area contributed by atoms with Gasteiger partial charge < -0.3 is 20.4 Å². The van der Waals surface area contributed by atoms with Gasteiger partial charge in [0.05, 0.1) is 24.0 Å². The summed E-state index contributed by atoms with van der Waals surface area (Å²) in [6.45, 7) is 2.55. The van der Waals surface area contributed by atoms with E-state index in [9.17, 15) is 29.4 Å². The van der Waals surface area contributed by atoms with E-state index in [0.29, 0.717) is 0 Å². The molecule has 0 aliphatic heterocycles. The lowest BCUT2D eigenvalue weighted by molar-refractivity contribution is -0.137. The summed E-state index contributed by atoms with van der Waals surface area (Å²) in [5, 5.41) is 36.4. The summed E-state index contributed by atoms with van der Waals surface area (Å²) in [6.07, 6.45) is -1.33. The van der Waals surface area contributed by atoms with Crippen LogP contribution in [0.1, 0.15) is 43.0 Å². The van der Waals surface area contributed by atoms with Gasteiger partial charge in [-0.1, -0.05) is 0 Å². The first-order valence-corrected chi connectivity index (χ1v) is 6.13. The second kappa shape index (κ2) is 6.25. The Morgan fingerprint density at radius 3 is 1.14 bits per heavy atom. The molecule has 0 saturated carbocycles. The largest absolute Gasteiger partial charge is 0.481 e. The highest BCUT2D eigenvalue weighted by atomic mass is 16.4. The zero-order valence-corrected chi connectivity index (χ0v) is 11.8. The van der Waals surface area contributed by atoms with Crippen molar-refractivity contribution in [3.8, 4) is 0 Å². The van der Waals surface area contributed by atoms with Gasteiger partial charge in [-0.2, -0.15) is 0 Å². The second-order valence-corrected chi connectivity index (χ2v) is 4.71. The molecule has 0 spiro atoms. The predicted molar refractivity (Wildman–Crippen MR) is 72.5 cm³/mol. The lowest BCUT2D eigenvalue weighted by Crippen LogP contribution is -2.20. The summed E-state index contributed by atoms with van der Waals surface area (Å²) < 4.78 is 0. The highest BCUT2D eigenvalue weighted by Gasteiger charge is 2.28. The van der Waals surface area contributed by atoms with Crippen LogP contribution in [0.25, 0.3) is 0 Å². The van der Waals surface area contributed by atoms with Crippen LogP contribution in [0.2, 0.25) is 0 Å². The van der Waals surface area contributed by atoms with E-state index < -0.39 is 36.7 Å². The molecular weight excluding hydrogens is 296 g/mol. The fraction of sp³-hybridized carbons (Fsp3) is 0.286. The summed E-state index contributed by atoms with van der Waals surface area (Å²) in [5.74, 6) is -5.49. The Balaban J connectivity index is 3.88. The van der Waals surface area contributed by atoms with E-state index in [1.54, 1.807) is 0 Å². The zero-order valence-electron chi connectivity index (χ0n) is 11.8. The van der Waals surface area contributed by atoms with Gasteiger partial charge in [0.25, 0.3) is 0 Å². The number of hydrogen-bond donors (Lipinski definition) is 4. The monoisotopic (exact) mass is 310 g/mol. The number of benzene rings is 1. The topological polar surface area (TPSA) is 149 Å². The van der Waals surface area contributed by atoms with E-state index in [-0.39, 0.29) is 33.4 Å². The van der Waals surface area contributed by atoms with E-state index in [2.05, 4.69) is 0 Å². The van der Waals surface area contributed by atoms with E-state index in [1.165, 1.54) is 13.8 Å². The molecule has 0 aromatic heterocycles. The SMILES string of the molecule is Cc1c(CC(=O)O)c(C(=O)O)c(C)c(CC(=O)O)c1C(=O)O. The summed E-state index contributed by atoms with van der Waals surface area (Å²) in [7, 11) is 0. The maximum atomic E-state index is 11.4. The fourth-order valence-corrected chi connectivity index (χ4v) is 2.45. The van der Waals surface area contributed by atoms with Crippen LogP contribution in [0.5, 0.6) is 0 Å². The van der Waals surface area contributed by atoms with Crippen molar-refractivity contribution in [2.45, 2.75) is 26.7 Å². The van der Waals surface area contributed by atoms with E-state index in [1.807, 2.05) is 0 Å². The van der Waals surface area contributed by atoms with Crippen LogP contribution < -0.4 is 0 Å². The summed E-state index contributed by atoms with van der Waals surface area (Å²) in [6, 6.07) is 0. The van der Waals surface area contributed by atoms with Gasteiger partial charge in [0.1, 0.15) is 0 Å². The van der Waals surface area contributed by atoms with Crippen LogP contribution in [0.15, 0.2) is 0 Å². The maximum absolute atomic E-state index is 11.4. The van der Waals surface area contributed by atoms with Crippen LogP contribution >= 0.6 is 0 Å². The van der Waals surface area contributed by atoms with Crippen molar-refractivity contribution in [1.82, 2.24) is 0 Å². The average molecular weight is 310 g/mol. The molecule has 22 heavy (non-hydrogen) atoms. The van der Waals surface area contributed by atoms with Crippen LogP contribution in [0.4, 0.5) is 0 Å². The fourth-order valence-electron chi connectivity index (χ4n) is 2.45. The molecule has 8 nitrogen and oxygen atoms in total. The molecular formula is C14H14O8. The third-order valence-corrected chi connectivity index (χ3v) is 3.34. The number of hydrogen-bond acceptors (Lipinski definition) is 4. The standard InChI is InChI=1S/C14H14O8/c1-5-7(3-9(15)16)12(14(21)22)6(2)8(4-10(17)18)11(5)13(19)20/h3-4H2,1-2H3,(H,15,16)(H,17,18)(H,19,20)(H,21,22). The Kier molecular flexibility index (Phi) is 4.87. The number of rotatable bonds is 6. The van der Waals surface area contributed by atoms with Crippen molar-refractivity contribution in [3.05, 3.63) is 33.4 Å². The molecule has 1 aromatic rings. The molecule has 0 heterocycles. The Labute approximate surface area is 124 Å². The quantitative estimate of drug-likeness (QED) is 0.606. The Hall–Kier alpha value is -2.90. The summed E-state index contributed by atoms with van der Waals surface area (Å²) >= 11 is 0. The number of carboxylic acid groups (broad SMARTS) is 4. The second-order valence-electron chi connectivity index (χ2n) is 4.71. The van der Waals surface area contributed by atoms with Gasteiger partial charge >= 0.3 is 23.9 Å². The minimum Gasteiger partial charge on any atom is -0.481 e. The van der Waals surface area contributed by atoms with E-state index >= 15 is 0 Å². The van der Waals surface area contributed by atoms with Gasteiger partial charge in [-0.25, -0.2) is 9.59 Å². The molecule has 0 saturated heterocycles. The van der Waals surface area contributed by atoms with Crippen molar-refractivity contribution in [2.75, 3.05) is 0 Å². The normalized spacial score (nSPS) is 10.3. The van der Waals surface area contributed by atoms with Gasteiger partial charge in [0, 0.05) is 0 Å². The average Bonchev–Trinajstić information content (AvgIpc) is 2.33. The molecule has 0 aliphatic carbocycles. The summed E-state index contributed by atoms with van der Waals surface area (Å²) in [4.78, 5) is 44.6. The zero-order chi connectivity index (χ0) is 17.2. The molecule has 0 amide bonds. The molecule has 4 N–H and O–H groups in total. The molecule has 0 atom stereocenters. The van der Waals surface area contributed by atoms with Crippen LogP contribution in [-0.4, -0.2) is 44.3 Å².